The minimum atomic E-state index is -0.738. The first-order valence-electron chi connectivity index (χ1n) is 8.39. The number of carboxylic acid groups (broad SMARTS) is 1. The highest BCUT2D eigenvalue weighted by molar-refractivity contribution is 5.70. The second-order valence-electron chi connectivity index (χ2n) is 6.37. The molecule has 0 aromatic carbocycles. The summed E-state index contributed by atoms with van der Waals surface area (Å²) in [6.07, 6.45) is 4.63. The standard InChI is InChI=1S/C18H22N4O3/c1-4-15-17(20-21-22(15)3)14-8-9-16(11(2)19-14)25-13-7-5-6-12(10-13)18(23)24/h4,8-9,12-13H,1,5-7,10H2,2-3H3,(H,23,24)/t12-,13-/m0/s1. The fourth-order valence-electron chi connectivity index (χ4n) is 3.24. The van der Waals surface area contributed by atoms with E-state index in [-0.39, 0.29) is 12.0 Å². The van der Waals surface area contributed by atoms with Crippen LogP contribution in [0.2, 0.25) is 0 Å². The second-order valence-corrected chi connectivity index (χ2v) is 6.37. The largest absolute Gasteiger partial charge is 0.489 e. The highest BCUT2D eigenvalue weighted by Crippen LogP contribution is 2.30. The van der Waals surface area contributed by atoms with Crippen LogP contribution in [0.1, 0.15) is 37.1 Å². The van der Waals surface area contributed by atoms with E-state index in [2.05, 4.69) is 21.9 Å². The molecule has 2 aromatic heterocycles. The number of rotatable bonds is 5. The van der Waals surface area contributed by atoms with Crippen LogP contribution in [0.15, 0.2) is 18.7 Å². The normalized spacial score (nSPS) is 20.2. The molecule has 0 amide bonds. The van der Waals surface area contributed by atoms with Gasteiger partial charge in [-0.3, -0.25) is 4.79 Å². The van der Waals surface area contributed by atoms with Gasteiger partial charge in [0.1, 0.15) is 11.4 Å². The molecule has 1 aliphatic rings. The first-order valence-corrected chi connectivity index (χ1v) is 8.39. The third-order valence-electron chi connectivity index (χ3n) is 4.61. The van der Waals surface area contributed by atoms with E-state index in [1.54, 1.807) is 17.8 Å². The Balaban J connectivity index is 1.78. The first kappa shape index (κ1) is 17.1. The Bertz CT molecular complexity index is 800. The van der Waals surface area contributed by atoms with Crippen LogP contribution in [-0.2, 0) is 11.8 Å². The lowest BCUT2D eigenvalue weighted by Gasteiger charge is -2.27. The summed E-state index contributed by atoms with van der Waals surface area (Å²) in [5, 5.41) is 17.3. The molecule has 25 heavy (non-hydrogen) atoms. The van der Waals surface area contributed by atoms with Gasteiger partial charge >= 0.3 is 5.97 Å². The van der Waals surface area contributed by atoms with Crippen LogP contribution < -0.4 is 4.74 Å². The van der Waals surface area contributed by atoms with Gasteiger partial charge in [0.25, 0.3) is 0 Å². The second kappa shape index (κ2) is 7.04. The molecule has 1 aliphatic carbocycles. The van der Waals surface area contributed by atoms with Crippen molar-refractivity contribution in [3.05, 3.63) is 30.1 Å². The maximum Gasteiger partial charge on any atom is 0.306 e. The van der Waals surface area contributed by atoms with E-state index in [1.165, 1.54) is 0 Å². The molecule has 2 aromatic rings. The molecule has 0 unspecified atom stereocenters. The molecule has 7 heteroatoms. The third-order valence-corrected chi connectivity index (χ3v) is 4.61. The number of hydrogen-bond donors (Lipinski definition) is 1. The molecule has 1 fully saturated rings. The number of aryl methyl sites for hydroxylation is 2. The lowest BCUT2D eigenvalue weighted by molar-refractivity contribution is -0.143. The maximum absolute atomic E-state index is 11.2. The smallest absolute Gasteiger partial charge is 0.306 e. The van der Waals surface area contributed by atoms with Crippen LogP contribution in [-0.4, -0.2) is 37.2 Å². The summed E-state index contributed by atoms with van der Waals surface area (Å²) in [6, 6.07) is 3.71. The lowest BCUT2D eigenvalue weighted by atomic mass is 9.87. The van der Waals surface area contributed by atoms with E-state index < -0.39 is 5.97 Å². The Morgan fingerprint density at radius 1 is 1.44 bits per heavy atom. The van der Waals surface area contributed by atoms with Crippen LogP contribution in [0.25, 0.3) is 17.5 Å². The maximum atomic E-state index is 11.2. The number of aliphatic carboxylic acids is 1. The van der Waals surface area contributed by atoms with Gasteiger partial charge in [-0.1, -0.05) is 11.8 Å². The predicted molar refractivity (Wildman–Crippen MR) is 93.1 cm³/mol. The number of aromatic nitrogens is 4. The third kappa shape index (κ3) is 3.55. The quantitative estimate of drug-likeness (QED) is 0.898. The molecule has 0 aliphatic heterocycles. The molecule has 0 radical (unpaired) electrons. The SMILES string of the molecule is C=Cc1c(-c2ccc(O[C@H]3CCC[C@H](C(=O)O)C3)c(C)n2)nnn1C. The summed E-state index contributed by atoms with van der Waals surface area (Å²) in [7, 11) is 1.81. The van der Waals surface area contributed by atoms with Crippen molar-refractivity contribution in [3.63, 3.8) is 0 Å². The minimum Gasteiger partial charge on any atom is -0.489 e. The zero-order valence-electron chi connectivity index (χ0n) is 14.5. The fraction of sp³-hybridized carbons (Fsp3) is 0.444. The van der Waals surface area contributed by atoms with Crippen molar-refractivity contribution in [1.82, 2.24) is 20.0 Å². The average molecular weight is 342 g/mol. The number of nitrogens with zero attached hydrogens (tertiary/aromatic N) is 4. The number of pyridine rings is 1. The van der Waals surface area contributed by atoms with Crippen molar-refractivity contribution in [2.24, 2.45) is 13.0 Å². The van der Waals surface area contributed by atoms with Gasteiger partial charge in [0.15, 0.2) is 0 Å². The first-order chi connectivity index (χ1) is 12.0. The Morgan fingerprint density at radius 3 is 2.92 bits per heavy atom. The number of carboxylic acids is 1. The molecule has 7 nitrogen and oxygen atoms in total. The van der Waals surface area contributed by atoms with E-state index in [1.807, 2.05) is 19.1 Å². The lowest BCUT2D eigenvalue weighted by Crippen LogP contribution is -2.29. The molecule has 2 heterocycles. The van der Waals surface area contributed by atoms with Gasteiger partial charge in [-0.25, -0.2) is 9.67 Å². The summed E-state index contributed by atoms with van der Waals surface area (Å²) in [5.74, 6) is -0.372. The monoisotopic (exact) mass is 342 g/mol. The zero-order chi connectivity index (χ0) is 18.0. The van der Waals surface area contributed by atoms with Crippen LogP contribution in [0.3, 0.4) is 0 Å². The van der Waals surface area contributed by atoms with E-state index in [0.29, 0.717) is 23.6 Å². The Labute approximate surface area is 146 Å². The van der Waals surface area contributed by atoms with E-state index in [4.69, 9.17) is 4.74 Å². The molecule has 132 valence electrons. The highest BCUT2D eigenvalue weighted by Gasteiger charge is 2.28. The molecule has 0 spiro atoms. The van der Waals surface area contributed by atoms with Gasteiger partial charge in [-0.05, 0) is 50.8 Å². The molecule has 1 N–H and O–H groups in total. The Morgan fingerprint density at radius 2 is 2.24 bits per heavy atom. The Hall–Kier alpha value is -2.70. The number of carbonyl (C=O) groups is 1. The average Bonchev–Trinajstić information content (AvgIpc) is 2.97. The van der Waals surface area contributed by atoms with Crippen molar-refractivity contribution < 1.29 is 14.6 Å². The molecule has 3 rings (SSSR count). The van der Waals surface area contributed by atoms with Gasteiger partial charge in [0.05, 0.1) is 29.1 Å². The Kier molecular flexibility index (Phi) is 4.83. The van der Waals surface area contributed by atoms with E-state index in [9.17, 15) is 9.90 Å². The van der Waals surface area contributed by atoms with Gasteiger partial charge in [-0.2, -0.15) is 0 Å². The molecule has 2 atom stereocenters. The summed E-state index contributed by atoms with van der Waals surface area (Å²) in [4.78, 5) is 15.8. The van der Waals surface area contributed by atoms with Gasteiger partial charge in [-0.15, -0.1) is 5.10 Å². The van der Waals surface area contributed by atoms with Crippen molar-refractivity contribution in [2.45, 2.75) is 38.7 Å². The minimum absolute atomic E-state index is 0.0820. The summed E-state index contributed by atoms with van der Waals surface area (Å²) in [6.45, 7) is 5.66. The van der Waals surface area contributed by atoms with E-state index in [0.717, 1.165) is 30.7 Å². The van der Waals surface area contributed by atoms with Crippen LogP contribution >= 0.6 is 0 Å². The van der Waals surface area contributed by atoms with Gasteiger partial charge < -0.3 is 9.84 Å². The fourth-order valence-corrected chi connectivity index (χ4v) is 3.24. The molecular weight excluding hydrogens is 320 g/mol. The summed E-state index contributed by atoms with van der Waals surface area (Å²) < 4.78 is 7.68. The predicted octanol–water partition coefficient (Wildman–Crippen LogP) is 2.85. The topological polar surface area (TPSA) is 90.1 Å². The van der Waals surface area contributed by atoms with Gasteiger partial charge in [0, 0.05) is 7.05 Å². The van der Waals surface area contributed by atoms with Crippen molar-refractivity contribution in [3.8, 4) is 17.1 Å². The van der Waals surface area contributed by atoms with Crippen LogP contribution in [0.4, 0.5) is 0 Å². The van der Waals surface area contributed by atoms with Crippen molar-refractivity contribution >= 4 is 12.0 Å². The molecule has 0 bridgehead atoms. The van der Waals surface area contributed by atoms with E-state index >= 15 is 0 Å². The van der Waals surface area contributed by atoms with Crippen LogP contribution in [0.5, 0.6) is 5.75 Å². The number of ether oxygens (including phenoxy) is 1. The molecular formula is C18H22N4O3. The molecule has 0 saturated heterocycles. The summed E-state index contributed by atoms with van der Waals surface area (Å²) >= 11 is 0. The van der Waals surface area contributed by atoms with Crippen molar-refractivity contribution in [1.29, 1.82) is 0 Å². The summed E-state index contributed by atoms with van der Waals surface area (Å²) in [5.41, 5.74) is 2.93. The molecule has 1 saturated carbocycles. The number of hydrogen-bond acceptors (Lipinski definition) is 5. The van der Waals surface area contributed by atoms with Crippen LogP contribution in [0, 0.1) is 12.8 Å². The van der Waals surface area contributed by atoms with Crippen molar-refractivity contribution in [2.75, 3.05) is 0 Å². The highest BCUT2D eigenvalue weighted by atomic mass is 16.5. The van der Waals surface area contributed by atoms with Gasteiger partial charge in [0.2, 0.25) is 0 Å². The zero-order valence-corrected chi connectivity index (χ0v) is 14.5.